The van der Waals surface area contributed by atoms with Crippen LogP contribution in [0, 0.1) is 0 Å². The average molecular weight is 1120 g/mol. The van der Waals surface area contributed by atoms with Gasteiger partial charge in [0.25, 0.3) is 11.8 Å². The van der Waals surface area contributed by atoms with Gasteiger partial charge in [-0.2, -0.15) is 5.10 Å². The summed E-state index contributed by atoms with van der Waals surface area (Å²) in [4.78, 5) is 93.3. The number of hydrogen-bond donors (Lipinski definition) is 5. The van der Waals surface area contributed by atoms with Crippen LogP contribution in [0.15, 0.2) is 189 Å². The average Bonchev–Trinajstić information content (AvgIpc) is 3.62. The maximum absolute atomic E-state index is 14.9. The molecule has 7 aromatic rings. The van der Waals surface area contributed by atoms with Crippen molar-refractivity contribution in [1.82, 2.24) is 35.3 Å². The number of anilines is 1. The molecule has 404 valence electrons. The third kappa shape index (κ3) is 11.9. The van der Waals surface area contributed by atoms with Crippen LogP contribution in [0.1, 0.15) is 66.2 Å². The van der Waals surface area contributed by atoms with Crippen LogP contribution < -0.4 is 27.1 Å². The maximum atomic E-state index is 14.9. The molecule has 0 bridgehead atoms. The van der Waals surface area contributed by atoms with Crippen LogP contribution in [0.25, 0.3) is 4.91 Å². The van der Waals surface area contributed by atoms with E-state index in [4.69, 9.17) is 19.3 Å². The van der Waals surface area contributed by atoms with Gasteiger partial charge in [-0.3, -0.25) is 32.9 Å². The van der Waals surface area contributed by atoms with Crippen molar-refractivity contribution in [1.29, 1.82) is 0 Å². The van der Waals surface area contributed by atoms with Gasteiger partial charge in [-0.15, -0.1) is 24.0 Å². The fourth-order valence-corrected chi connectivity index (χ4v) is 11.9. The zero-order chi connectivity index (χ0) is 55.8. The molecule has 4 heterocycles. The number of nitrogens with zero attached hydrogens (tertiary/aromatic N) is 5. The standard InChI is InChI=1S/C57H53N9O10S3/c1-56(2,3)76-55(72)58-30-31-65-47(62-63-49(68)51(65)70)42(77)32-37-34-79(73)52-44(50(69)66(52)45(37)53(71)75-46(35-20-10-5-11-21-35)36-22-12-6-13-23-36)60-48(67)43(64-74-4)41-33-78-54(59-41)61-57(38-24-14-7-15-25-38,39-26-16-8-17-27-39)40-28-18-9-19-29-40/h5-29,32-33,44,46,52,77H,30-31,34H2,1-4H3,(H,58,72)(H,59,61)(H,60,67)(H,63,68). The highest BCUT2D eigenvalue weighted by Crippen LogP contribution is 2.42. The van der Waals surface area contributed by atoms with E-state index >= 15 is 0 Å². The van der Waals surface area contributed by atoms with E-state index in [2.05, 4.69) is 43.9 Å². The second kappa shape index (κ2) is 23.9. The second-order valence-corrected chi connectivity index (χ2v) is 21.9. The number of thiol groups is 1. The number of fused-ring (bicyclic) bond motifs is 1. The zero-order valence-electron chi connectivity index (χ0n) is 43.0. The van der Waals surface area contributed by atoms with E-state index < -0.39 is 80.2 Å². The number of ether oxygens (including phenoxy) is 2. The molecule has 79 heavy (non-hydrogen) atoms. The summed E-state index contributed by atoms with van der Waals surface area (Å²) in [5.74, 6) is -3.29. The Morgan fingerprint density at radius 3 is 1.92 bits per heavy atom. The normalized spacial score (nSPS) is 16.6. The molecule has 2 aromatic heterocycles. The number of nitrogens with one attached hydrogen (secondary N) is 4. The number of aromatic nitrogens is 4. The lowest BCUT2D eigenvalue weighted by Crippen LogP contribution is -2.74. The minimum absolute atomic E-state index is 0.0109. The highest BCUT2D eigenvalue weighted by atomic mass is 32.2. The van der Waals surface area contributed by atoms with E-state index in [1.807, 2.05) is 91.0 Å². The highest BCUT2D eigenvalue weighted by molar-refractivity contribution is 7.90. The summed E-state index contributed by atoms with van der Waals surface area (Å²) < 4.78 is 27.1. The van der Waals surface area contributed by atoms with Crippen LogP contribution >= 0.6 is 24.0 Å². The summed E-state index contributed by atoms with van der Waals surface area (Å²) in [5, 5.41) is 19.9. The SMILES string of the molecule is CON=C(C(=O)NC1C(=O)N2C(C(=O)OC(c3ccccc3)c3ccccc3)=C(C=C(S)c3n[nH]c(=O)c(=O)n3CCNC(=O)OC(C)(C)C)CS(=O)C12)c1csc(NC(c2ccccc2)(c2ccccc2)c2ccccc2)n1. The number of aromatic amines is 1. The zero-order valence-corrected chi connectivity index (χ0v) is 45.6. The number of rotatable bonds is 18. The maximum Gasteiger partial charge on any atom is 0.407 e. The summed E-state index contributed by atoms with van der Waals surface area (Å²) in [5.41, 5.74) is -0.469. The molecule has 4 N–H and O–H groups in total. The largest absolute Gasteiger partial charge is 0.448 e. The third-order valence-electron chi connectivity index (χ3n) is 12.6. The minimum Gasteiger partial charge on any atom is -0.448 e. The molecule has 3 atom stereocenters. The van der Waals surface area contributed by atoms with Crippen LogP contribution in [-0.2, 0) is 51.6 Å². The molecule has 22 heteroatoms. The Morgan fingerprint density at radius 2 is 1.39 bits per heavy atom. The Kier molecular flexibility index (Phi) is 16.6. The van der Waals surface area contributed by atoms with Gasteiger partial charge in [-0.1, -0.05) is 157 Å². The first-order chi connectivity index (χ1) is 38.1. The number of thiazole rings is 1. The summed E-state index contributed by atoms with van der Waals surface area (Å²) >= 11 is 5.87. The molecule has 0 saturated carbocycles. The summed E-state index contributed by atoms with van der Waals surface area (Å²) in [6, 6.07) is 46.0. The monoisotopic (exact) mass is 1120 g/mol. The third-order valence-corrected chi connectivity index (χ3v) is 15.3. The van der Waals surface area contributed by atoms with Crippen molar-refractivity contribution in [3.8, 4) is 0 Å². The number of carbonyl (C=O) groups excluding carboxylic acids is 4. The number of β-lactam (4-membered cyclic amide) rings is 1. The lowest BCUT2D eigenvalue weighted by Gasteiger charge is -2.49. The molecule has 19 nitrogen and oxygen atoms in total. The first kappa shape index (κ1) is 55.0. The lowest BCUT2D eigenvalue weighted by molar-refractivity contribution is -0.154. The van der Waals surface area contributed by atoms with Crippen molar-refractivity contribution in [2.24, 2.45) is 5.16 Å². The van der Waals surface area contributed by atoms with E-state index in [9.17, 15) is 33.0 Å². The quantitative estimate of drug-likeness (QED) is 0.0115. The molecule has 2 aliphatic rings. The van der Waals surface area contributed by atoms with Gasteiger partial charge in [0, 0.05) is 23.4 Å². The Hall–Kier alpha value is -8.73. The van der Waals surface area contributed by atoms with Crippen molar-refractivity contribution < 1.29 is 37.7 Å². The van der Waals surface area contributed by atoms with Gasteiger partial charge in [0.2, 0.25) is 0 Å². The molecule has 0 spiro atoms. The molecule has 1 saturated heterocycles. The topological polar surface area (TPSA) is 245 Å². The van der Waals surface area contributed by atoms with E-state index in [-0.39, 0.29) is 46.5 Å². The summed E-state index contributed by atoms with van der Waals surface area (Å²) in [6.45, 7) is 4.60. The van der Waals surface area contributed by atoms with E-state index in [1.54, 1.807) is 86.8 Å². The van der Waals surface area contributed by atoms with E-state index in [1.165, 1.54) is 24.5 Å². The van der Waals surface area contributed by atoms with Crippen LogP contribution in [0.5, 0.6) is 0 Å². The van der Waals surface area contributed by atoms with Gasteiger partial charge < -0.3 is 30.3 Å². The minimum atomic E-state index is -2.03. The molecular weight excluding hydrogens is 1070 g/mol. The second-order valence-electron chi connectivity index (χ2n) is 19.0. The predicted molar refractivity (Wildman–Crippen MR) is 302 cm³/mol. The molecular formula is C57H53N9O10S3. The Bertz CT molecular complexity index is 3490. The molecule has 3 unspecified atom stereocenters. The van der Waals surface area contributed by atoms with Crippen LogP contribution in [-0.4, -0.2) is 94.9 Å². The van der Waals surface area contributed by atoms with Gasteiger partial charge >= 0.3 is 23.2 Å². The number of alkyl carbamates (subject to hydrolysis) is 1. The number of amides is 3. The van der Waals surface area contributed by atoms with Gasteiger partial charge in [-0.05, 0) is 60.2 Å². The van der Waals surface area contributed by atoms with E-state index in [0.717, 1.165) is 26.2 Å². The Morgan fingerprint density at radius 1 is 0.848 bits per heavy atom. The molecule has 0 aliphatic carbocycles. The molecule has 1 fully saturated rings. The number of allylic oxidation sites excluding steroid dienone is 1. The fraction of sp³-hybridized carbons (Fsp3) is 0.211. The van der Waals surface area contributed by atoms with Crippen molar-refractivity contribution in [2.45, 2.75) is 56.0 Å². The summed E-state index contributed by atoms with van der Waals surface area (Å²) in [7, 11) is -0.778. The molecule has 2 aliphatic heterocycles. The lowest BCUT2D eigenvalue weighted by atomic mass is 9.77. The van der Waals surface area contributed by atoms with Gasteiger partial charge in [0.15, 0.2) is 22.8 Å². The highest BCUT2D eigenvalue weighted by Gasteiger charge is 2.58. The number of benzene rings is 5. The molecule has 0 radical (unpaired) electrons. The van der Waals surface area contributed by atoms with Crippen molar-refractivity contribution in [3.05, 3.63) is 234 Å². The van der Waals surface area contributed by atoms with Crippen molar-refractivity contribution in [2.75, 3.05) is 24.7 Å². The van der Waals surface area contributed by atoms with Crippen LogP contribution in [0.3, 0.4) is 0 Å². The first-order valence-electron chi connectivity index (χ1n) is 24.7. The molecule has 9 rings (SSSR count). The predicted octanol–water partition coefficient (Wildman–Crippen LogP) is 6.64. The number of hydrogen-bond acceptors (Lipinski definition) is 16. The Balaban J connectivity index is 1.04. The van der Waals surface area contributed by atoms with Gasteiger partial charge in [-0.25, -0.2) is 19.7 Å². The first-order valence-corrected chi connectivity index (χ1v) is 27.4. The molecule has 3 amide bonds. The van der Waals surface area contributed by atoms with Crippen molar-refractivity contribution >= 4 is 74.4 Å². The van der Waals surface area contributed by atoms with Gasteiger partial charge in [0.1, 0.15) is 41.1 Å². The number of esters is 1. The number of carbonyl (C=O) groups is 4. The summed E-state index contributed by atoms with van der Waals surface area (Å²) in [6.07, 6.45) is -0.468. The van der Waals surface area contributed by atoms with Gasteiger partial charge in [0.05, 0.1) is 16.6 Å². The number of H-pyrrole nitrogens is 1. The Labute approximate surface area is 465 Å². The molecule has 5 aromatic carbocycles. The van der Waals surface area contributed by atoms with Crippen LogP contribution in [0.2, 0.25) is 0 Å². The van der Waals surface area contributed by atoms with Crippen molar-refractivity contribution in [3.63, 3.8) is 0 Å². The fourth-order valence-electron chi connectivity index (χ4n) is 9.19. The van der Waals surface area contributed by atoms with E-state index in [0.29, 0.717) is 16.3 Å². The smallest absolute Gasteiger partial charge is 0.407 e. The van der Waals surface area contributed by atoms with Crippen LogP contribution in [0.4, 0.5) is 9.93 Å². The number of oxime groups is 1.